The van der Waals surface area contributed by atoms with Gasteiger partial charge in [0.15, 0.2) is 5.69 Å². The van der Waals surface area contributed by atoms with E-state index >= 15 is 0 Å². The molecule has 1 unspecified atom stereocenters. The van der Waals surface area contributed by atoms with Gasteiger partial charge >= 0.3 is 6.18 Å². The van der Waals surface area contributed by atoms with Gasteiger partial charge in [0.1, 0.15) is 12.1 Å². The standard InChI is InChI=1S/C19H21F3N6/c1-14-11-26(12-15-6-3-2-4-7-15)8-5-9-27(14)17-10-16(19(20,21)22)25-18-23-13-24-28(17)18/h2-4,6-7,10,13-14H,5,8-9,11-12H2,1H3. The lowest BCUT2D eigenvalue weighted by Gasteiger charge is -2.31. The van der Waals surface area contributed by atoms with E-state index in [2.05, 4.69) is 32.1 Å². The first-order valence-corrected chi connectivity index (χ1v) is 9.23. The normalized spacial score (nSPS) is 19.1. The van der Waals surface area contributed by atoms with E-state index in [4.69, 9.17) is 0 Å². The van der Waals surface area contributed by atoms with Crippen molar-refractivity contribution in [3.63, 3.8) is 0 Å². The van der Waals surface area contributed by atoms with Crippen LogP contribution in [0.1, 0.15) is 24.6 Å². The Morgan fingerprint density at radius 2 is 1.93 bits per heavy atom. The molecule has 0 bridgehead atoms. The Kier molecular flexibility index (Phi) is 4.92. The molecule has 9 heteroatoms. The Balaban J connectivity index is 1.62. The van der Waals surface area contributed by atoms with Crippen LogP contribution in [0.3, 0.4) is 0 Å². The number of alkyl halides is 3. The quantitative estimate of drug-likeness (QED) is 0.687. The molecule has 0 radical (unpaired) electrons. The number of halogens is 3. The number of hydrogen-bond acceptors (Lipinski definition) is 5. The van der Waals surface area contributed by atoms with Crippen LogP contribution in [-0.4, -0.2) is 50.2 Å². The second-order valence-corrected chi connectivity index (χ2v) is 7.09. The van der Waals surface area contributed by atoms with Gasteiger partial charge < -0.3 is 4.90 Å². The highest BCUT2D eigenvalue weighted by molar-refractivity contribution is 5.49. The monoisotopic (exact) mass is 390 g/mol. The van der Waals surface area contributed by atoms with Gasteiger partial charge in [-0.2, -0.15) is 27.8 Å². The zero-order chi connectivity index (χ0) is 19.7. The molecule has 148 valence electrons. The molecule has 1 aliphatic rings. The fourth-order valence-corrected chi connectivity index (χ4v) is 3.72. The molecule has 1 atom stereocenters. The number of hydrogen-bond donors (Lipinski definition) is 0. The Hall–Kier alpha value is -2.68. The molecule has 28 heavy (non-hydrogen) atoms. The molecule has 0 N–H and O–H groups in total. The van der Waals surface area contributed by atoms with Crippen molar-refractivity contribution in [2.45, 2.75) is 32.1 Å². The van der Waals surface area contributed by atoms with E-state index in [0.29, 0.717) is 12.4 Å². The van der Waals surface area contributed by atoms with E-state index in [1.165, 1.54) is 16.4 Å². The van der Waals surface area contributed by atoms with Crippen LogP contribution < -0.4 is 4.90 Å². The molecule has 6 nitrogen and oxygen atoms in total. The number of anilines is 1. The highest BCUT2D eigenvalue weighted by Gasteiger charge is 2.35. The van der Waals surface area contributed by atoms with Crippen LogP contribution in [0.25, 0.3) is 5.78 Å². The number of nitrogens with zero attached hydrogens (tertiary/aromatic N) is 6. The van der Waals surface area contributed by atoms with Gasteiger partial charge in [-0.15, -0.1) is 0 Å². The van der Waals surface area contributed by atoms with E-state index in [1.807, 2.05) is 30.0 Å². The minimum Gasteiger partial charge on any atom is -0.352 e. The van der Waals surface area contributed by atoms with Crippen LogP contribution in [0, 0.1) is 0 Å². The van der Waals surface area contributed by atoms with Crippen molar-refractivity contribution in [1.82, 2.24) is 24.5 Å². The average Bonchev–Trinajstić information content (AvgIpc) is 3.06. The molecule has 0 saturated carbocycles. The summed E-state index contributed by atoms with van der Waals surface area (Å²) in [7, 11) is 0. The summed E-state index contributed by atoms with van der Waals surface area (Å²) in [6, 6.07) is 11.3. The Morgan fingerprint density at radius 1 is 1.14 bits per heavy atom. The number of rotatable bonds is 3. The molecule has 4 rings (SSSR count). The van der Waals surface area contributed by atoms with Crippen molar-refractivity contribution in [3.8, 4) is 0 Å². The third kappa shape index (κ3) is 3.80. The highest BCUT2D eigenvalue weighted by atomic mass is 19.4. The van der Waals surface area contributed by atoms with Gasteiger partial charge in [-0.05, 0) is 18.9 Å². The van der Waals surface area contributed by atoms with E-state index in [-0.39, 0.29) is 11.8 Å². The molecule has 2 aromatic heterocycles. The van der Waals surface area contributed by atoms with Crippen LogP contribution >= 0.6 is 0 Å². The second-order valence-electron chi connectivity index (χ2n) is 7.09. The van der Waals surface area contributed by atoms with Gasteiger partial charge in [-0.25, -0.2) is 4.98 Å². The molecule has 0 spiro atoms. The third-order valence-electron chi connectivity index (χ3n) is 4.99. The fourth-order valence-electron chi connectivity index (χ4n) is 3.72. The zero-order valence-electron chi connectivity index (χ0n) is 15.5. The van der Waals surface area contributed by atoms with Gasteiger partial charge in [-0.3, -0.25) is 4.90 Å². The first-order valence-electron chi connectivity index (χ1n) is 9.23. The van der Waals surface area contributed by atoms with Gasteiger partial charge in [-0.1, -0.05) is 30.3 Å². The summed E-state index contributed by atoms with van der Waals surface area (Å²) in [6.45, 7) is 5.12. The Labute approximate surface area is 160 Å². The van der Waals surface area contributed by atoms with Crippen molar-refractivity contribution in [2.24, 2.45) is 0 Å². The van der Waals surface area contributed by atoms with Crippen molar-refractivity contribution in [2.75, 3.05) is 24.5 Å². The number of aromatic nitrogens is 4. The molecule has 0 amide bonds. The maximum absolute atomic E-state index is 13.3. The molecule has 1 fully saturated rings. The van der Waals surface area contributed by atoms with Crippen molar-refractivity contribution >= 4 is 11.6 Å². The predicted molar refractivity (Wildman–Crippen MR) is 98.9 cm³/mol. The Morgan fingerprint density at radius 3 is 2.68 bits per heavy atom. The van der Waals surface area contributed by atoms with E-state index in [9.17, 15) is 13.2 Å². The van der Waals surface area contributed by atoms with Crippen LogP contribution in [-0.2, 0) is 12.7 Å². The fraction of sp³-hybridized carbons (Fsp3) is 0.421. The second kappa shape index (κ2) is 7.38. The smallest absolute Gasteiger partial charge is 0.352 e. The maximum atomic E-state index is 13.3. The zero-order valence-corrected chi connectivity index (χ0v) is 15.5. The minimum atomic E-state index is -4.53. The topological polar surface area (TPSA) is 49.6 Å². The first-order chi connectivity index (χ1) is 13.4. The first kappa shape index (κ1) is 18.7. The van der Waals surface area contributed by atoms with Crippen molar-refractivity contribution in [1.29, 1.82) is 0 Å². The molecule has 1 saturated heterocycles. The SMILES string of the molecule is CC1CN(Cc2ccccc2)CCCN1c1cc(C(F)(F)F)nc2ncnn12. The van der Waals surface area contributed by atoms with E-state index in [0.717, 1.165) is 32.1 Å². The molecule has 1 aliphatic heterocycles. The maximum Gasteiger partial charge on any atom is 0.433 e. The highest BCUT2D eigenvalue weighted by Crippen LogP contribution is 2.31. The molecule has 0 aliphatic carbocycles. The van der Waals surface area contributed by atoms with Crippen LogP contribution in [0.15, 0.2) is 42.7 Å². The van der Waals surface area contributed by atoms with Gasteiger partial charge in [0.05, 0.1) is 0 Å². The summed E-state index contributed by atoms with van der Waals surface area (Å²) < 4.78 is 41.3. The lowest BCUT2D eigenvalue weighted by molar-refractivity contribution is -0.141. The predicted octanol–water partition coefficient (Wildman–Crippen LogP) is 3.24. The van der Waals surface area contributed by atoms with Gasteiger partial charge in [0.25, 0.3) is 5.78 Å². The van der Waals surface area contributed by atoms with Crippen LogP contribution in [0.2, 0.25) is 0 Å². The van der Waals surface area contributed by atoms with Crippen LogP contribution in [0.5, 0.6) is 0 Å². The summed E-state index contributed by atoms with van der Waals surface area (Å²) in [5, 5.41) is 4.09. The molecular weight excluding hydrogens is 369 g/mol. The largest absolute Gasteiger partial charge is 0.433 e. The van der Waals surface area contributed by atoms with E-state index < -0.39 is 11.9 Å². The molecule has 3 aromatic rings. The van der Waals surface area contributed by atoms with Gasteiger partial charge in [0.2, 0.25) is 0 Å². The number of benzene rings is 1. The summed E-state index contributed by atoms with van der Waals surface area (Å²) >= 11 is 0. The molecule has 1 aromatic carbocycles. The Bertz CT molecular complexity index is 940. The average molecular weight is 390 g/mol. The lowest BCUT2D eigenvalue weighted by atomic mass is 10.2. The summed E-state index contributed by atoms with van der Waals surface area (Å²) in [5.74, 6) is 0.339. The number of fused-ring (bicyclic) bond motifs is 1. The van der Waals surface area contributed by atoms with Crippen molar-refractivity contribution < 1.29 is 13.2 Å². The summed E-state index contributed by atoms with van der Waals surface area (Å²) in [4.78, 5) is 11.8. The summed E-state index contributed by atoms with van der Waals surface area (Å²) in [5.41, 5.74) is 0.283. The minimum absolute atomic E-state index is 0.0158. The van der Waals surface area contributed by atoms with Crippen molar-refractivity contribution in [3.05, 3.63) is 54.0 Å². The lowest BCUT2D eigenvalue weighted by Crippen LogP contribution is -2.40. The molecular formula is C19H21F3N6. The third-order valence-corrected chi connectivity index (χ3v) is 4.99. The van der Waals surface area contributed by atoms with E-state index in [1.54, 1.807) is 0 Å². The van der Waals surface area contributed by atoms with Gasteiger partial charge in [0, 0.05) is 38.3 Å². The molecule has 3 heterocycles. The summed E-state index contributed by atoms with van der Waals surface area (Å²) in [6.07, 6.45) is -2.45. The van der Waals surface area contributed by atoms with Crippen LogP contribution in [0.4, 0.5) is 19.0 Å².